The van der Waals surface area contributed by atoms with E-state index in [1.54, 1.807) is 18.2 Å². The number of benzene rings is 1. The Labute approximate surface area is 107 Å². The molecule has 0 fully saturated rings. The van der Waals surface area contributed by atoms with Crippen molar-refractivity contribution in [3.8, 4) is 5.75 Å². The molecule has 1 aromatic rings. The molecule has 0 aliphatic carbocycles. The highest BCUT2D eigenvalue weighted by atomic mass is 16.5. The molecule has 0 aliphatic rings. The Bertz CT molecular complexity index is 430. The molecule has 18 heavy (non-hydrogen) atoms. The third kappa shape index (κ3) is 4.45. The summed E-state index contributed by atoms with van der Waals surface area (Å²) in [5.74, 6) is 0.459. The number of rotatable bonds is 6. The van der Waals surface area contributed by atoms with Crippen LogP contribution in [0.5, 0.6) is 5.75 Å². The van der Waals surface area contributed by atoms with Gasteiger partial charge in [-0.05, 0) is 26.0 Å². The van der Waals surface area contributed by atoms with Crippen LogP contribution < -0.4 is 10.1 Å². The van der Waals surface area contributed by atoms with Gasteiger partial charge in [0, 0.05) is 13.0 Å². The number of hydrogen-bond acceptors (Lipinski definition) is 4. The van der Waals surface area contributed by atoms with Gasteiger partial charge in [-0.2, -0.15) is 0 Å². The van der Waals surface area contributed by atoms with Crippen molar-refractivity contribution in [1.29, 1.82) is 0 Å². The topological polar surface area (TPSA) is 59.9 Å². The first-order valence-electron chi connectivity index (χ1n) is 5.86. The number of carbonyl (C=O) groups excluding carboxylic acids is 1. The van der Waals surface area contributed by atoms with Crippen molar-refractivity contribution in [2.75, 3.05) is 18.5 Å². The minimum atomic E-state index is -0.137. The maximum atomic E-state index is 11.0. The van der Waals surface area contributed by atoms with E-state index in [2.05, 4.69) is 10.3 Å². The molecule has 98 valence electrons. The molecule has 1 amide bonds. The number of hydrogen-bond donors (Lipinski definition) is 1. The summed E-state index contributed by atoms with van der Waals surface area (Å²) in [5.41, 5.74) is 1.35. The zero-order chi connectivity index (χ0) is 13.4. The molecule has 0 radical (unpaired) electrons. The molecule has 0 heterocycles. The SMILES string of the molecule is CCOC=Nc1ccc(NC(C)=O)c(OCC)c1. The largest absolute Gasteiger partial charge is 0.492 e. The summed E-state index contributed by atoms with van der Waals surface area (Å²) >= 11 is 0. The zero-order valence-corrected chi connectivity index (χ0v) is 10.9. The average Bonchev–Trinajstić information content (AvgIpc) is 2.32. The average molecular weight is 250 g/mol. The van der Waals surface area contributed by atoms with E-state index in [9.17, 15) is 4.79 Å². The normalized spacial score (nSPS) is 10.4. The molecule has 0 aromatic heterocycles. The summed E-state index contributed by atoms with van der Waals surface area (Å²) in [6, 6.07) is 5.29. The van der Waals surface area contributed by atoms with Crippen molar-refractivity contribution in [3.05, 3.63) is 18.2 Å². The fourth-order valence-electron chi connectivity index (χ4n) is 1.33. The zero-order valence-electron chi connectivity index (χ0n) is 10.9. The second-order valence-corrected chi connectivity index (χ2v) is 3.48. The lowest BCUT2D eigenvalue weighted by atomic mass is 10.2. The van der Waals surface area contributed by atoms with E-state index in [0.717, 1.165) is 0 Å². The Hall–Kier alpha value is -2.04. The van der Waals surface area contributed by atoms with E-state index in [1.165, 1.54) is 13.3 Å². The van der Waals surface area contributed by atoms with Gasteiger partial charge in [-0.1, -0.05) is 0 Å². The standard InChI is InChI=1S/C13H18N2O3/c1-4-17-9-14-11-6-7-12(15-10(3)16)13(8-11)18-5-2/h6-9H,4-5H2,1-3H3,(H,15,16). The van der Waals surface area contributed by atoms with Gasteiger partial charge in [0.05, 0.1) is 24.6 Å². The highest BCUT2D eigenvalue weighted by molar-refractivity contribution is 5.90. The lowest BCUT2D eigenvalue weighted by Gasteiger charge is -2.10. The van der Waals surface area contributed by atoms with Crippen molar-refractivity contribution in [2.24, 2.45) is 4.99 Å². The number of anilines is 1. The summed E-state index contributed by atoms with van der Waals surface area (Å²) in [6.07, 6.45) is 1.39. The molecule has 0 saturated carbocycles. The second kappa shape index (κ2) is 7.32. The minimum Gasteiger partial charge on any atom is -0.492 e. The first-order valence-corrected chi connectivity index (χ1v) is 5.86. The third-order valence-corrected chi connectivity index (χ3v) is 2.02. The van der Waals surface area contributed by atoms with Crippen LogP contribution in [0.3, 0.4) is 0 Å². The van der Waals surface area contributed by atoms with Gasteiger partial charge in [0.15, 0.2) is 6.40 Å². The molecular weight excluding hydrogens is 232 g/mol. The number of aliphatic imine (C=N–C) groups is 1. The first kappa shape index (κ1) is 14.0. The highest BCUT2D eigenvalue weighted by Gasteiger charge is 2.05. The van der Waals surface area contributed by atoms with Gasteiger partial charge in [0.25, 0.3) is 0 Å². The number of nitrogens with one attached hydrogen (secondary N) is 1. The minimum absolute atomic E-state index is 0.137. The van der Waals surface area contributed by atoms with Gasteiger partial charge < -0.3 is 14.8 Å². The number of amides is 1. The van der Waals surface area contributed by atoms with Gasteiger partial charge in [0.1, 0.15) is 5.75 Å². The monoisotopic (exact) mass is 250 g/mol. The van der Waals surface area contributed by atoms with Gasteiger partial charge in [-0.3, -0.25) is 4.79 Å². The predicted molar refractivity (Wildman–Crippen MR) is 71.7 cm³/mol. The molecule has 0 saturated heterocycles. The van der Waals surface area contributed by atoms with Crippen LogP contribution in [0.4, 0.5) is 11.4 Å². The summed E-state index contributed by atoms with van der Waals surface area (Å²) in [4.78, 5) is 15.2. The van der Waals surface area contributed by atoms with Gasteiger partial charge in [-0.25, -0.2) is 4.99 Å². The van der Waals surface area contributed by atoms with Crippen LogP contribution in [0.25, 0.3) is 0 Å². The lowest BCUT2D eigenvalue weighted by Crippen LogP contribution is -2.07. The van der Waals surface area contributed by atoms with Crippen LogP contribution in [-0.4, -0.2) is 25.5 Å². The molecule has 5 heteroatoms. The first-order chi connectivity index (χ1) is 8.67. The van der Waals surface area contributed by atoms with E-state index < -0.39 is 0 Å². The molecule has 0 aliphatic heterocycles. The summed E-state index contributed by atoms with van der Waals surface area (Å²) in [7, 11) is 0. The highest BCUT2D eigenvalue weighted by Crippen LogP contribution is 2.29. The predicted octanol–water partition coefficient (Wildman–Crippen LogP) is 2.74. The van der Waals surface area contributed by atoms with Crippen LogP contribution in [0.1, 0.15) is 20.8 Å². The quantitative estimate of drug-likeness (QED) is 0.623. The molecule has 0 spiro atoms. The Kier molecular flexibility index (Phi) is 5.70. The van der Waals surface area contributed by atoms with Crippen molar-refractivity contribution in [1.82, 2.24) is 0 Å². The molecule has 1 rings (SSSR count). The van der Waals surface area contributed by atoms with Crippen molar-refractivity contribution in [2.45, 2.75) is 20.8 Å². The maximum Gasteiger partial charge on any atom is 0.221 e. The Morgan fingerprint density at radius 1 is 1.39 bits per heavy atom. The van der Waals surface area contributed by atoms with Gasteiger partial charge >= 0.3 is 0 Å². The Balaban J connectivity index is 2.91. The molecule has 1 aromatic carbocycles. The fourth-order valence-corrected chi connectivity index (χ4v) is 1.33. The number of nitrogens with zero attached hydrogens (tertiary/aromatic N) is 1. The summed E-state index contributed by atoms with van der Waals surface area (Å²) in [5, 5.41) is 2.71. The van der Waals surface area contributed by atoms with Crippen molar-refractivity contribution >= 4 is 23.7 Å². The van der Waals surface area contributed by atoms with E-state index in [0.29, 0.717) is 30.3 Å². The van der Waals surface area contributed by atoms with Crippen LogP contribution in [-0.2, 0) is 9.53 Å². The molecule has 0 bridgehead atoms. The molecule has 0 unspecified atom stereocenters. The molecule has 5 nitrogen and oxygen atoms in total. The van der Waals surface area contributed by atoms with Crippen LogP contribution >= 0.6 is 0 Å². The van der Waals surface area contributed by atoms with Crippen LogP contribution in [0.2, 0.25) is 0 Å². The van der Waals surface area contributed by atoms with Crippen molar-refractivity contribution in [3.63, 3.8) is 0 Å². The smallest absolute Gasteiger partial charge is 0.221 e. The molecular formula is C13H18N2O3. The van der Waals surface area contributed by atoms with Crippen LogP contribution in [0, 0.1) is 0 Å². The Morgan fingerprint density at radius 3 is 2.78 bits per heavy atom. The molecule has 1 N–H and O–H groups in total. The lowest BCUT2D eigenvalue weighted by molar-refractivity contribution is -0.114. The third-order valence-electron chi connectivity index (χ3n) is 2.02. The fraction of sp³-hybridized carbons (Fsp3) is 0.385. The second-order valence-electron chi connectivity index (χ2n) is 3.48. The summed E-state index contributed by atoms with van der Waals surface area (Å²) < 4.78 is 10.5. The number of carbonyl (C=O) groups is 1. The summed E-state index contributed by atoms with van der Waals surface area (Å²) in [6.45, 7) is 6.32. The molecule has 0 atom stereocenters. The van der Waals surface area contributed by atoms with Gasteiger partial charge in [-0.15, -0.1) is 0 Å². The van der Waals surface area contributed by atoms with E-state index >= 15 is 0 Å². The van der Waals surface area contributed by atoms with E-state index in [4.69, 9.17) is 9.47 Å². The van der Waals surface area contributed by atoms with Crippen LogP contribution in [0.15, 0.2) is 23.2 Å². The van der Waals surface area contributed by atoms with E-state index in [1.807, 2.05) is 13.8 Å². The maximum absolute atomic E-state index is 11.0. The Morgan fingerprint density at radius 2 is 2.17 bits per heavy atom. The van der Waals surface area contributed by atoms with Gasteiger partial charge in [0.2, 0.25) is 5.91 Å². The van der Waals surface area contributed by atoms with E-state index in [-0.39, 0.29) is 5.91 Å². The van der Waals surface area contributed by atoms with Crippen molar-refractivity contribution < 1.29 is 14.3 Å². The number of ether oxygens (including phenoxy) is 2.